The molecule has 6 heteroatoms. The zero-order valence-electron chi connectivity index (χ0n) is 11.5. The van der Waals surface area contributed by atoms with E-state index in [0.717, 1.165) is 15.9 Å². The molecule has 0 amide bonds. The monoisotopic (exact) mass is 278 g/mol. The van der Waals surface area contributed by atoms with Gasteiger partial charge in [0, 0.05) is 11.9 Å². The molecule has 0 aliphatic carbocycles. The number of nitrogens with two attached hydrogens (primary N) is 1. The van der Waals surface area contributed by atoms with Gasteiger partial charge in [-0.1, -0.05) is 6.07 Å². The third kappa shape index (κ3) is 3.01. The van der Waals surface area contributed by atoms with Crippen LogP contribution in [-0.4, -0.2) is 20.9 Å². The molecule has 0 aliphatic heterocycles. The average molecular weight is 278 g/mol. The van der Waals surface area contributed by atoms with Crippen molar-refractivity contribution in [2.45, 2.75) is 36.9 Å². The van der Waals surface area contributed by atoms with Crippen molar-refractivity contribution in [3.8, 4) is 5.75 Å². The molecule has 0 fully saturated rings. The normalized spacial score (nSPS) is 11.0. The molecule has 1 heterocycles. The van der Waals surface area contributed by atoms with Crippen molar-refractivity contribution in [1.82, 2.24) is 14.8 Å². The molecule has 2 rings (SSSR count). The second kappa shape index (κ2) is 5.52. The standard InChI is InChI=1S/C13H18N4OS/c1-8(2)18-10-6-5-7-11(12(10)14)19-13-16-15-9(3)17(13)4/h5-8H,14H2,1-4H3. The van der Waals surface area contributed by atoms with E-state index in [0.29, 0.717) is 11.4 Å². The van der Waals surface area contributed by atoms with Crippen molar-refractivity contribution in [2.75, 3.05) is 5.73 Å². The number of nitrogen functional groups attached to an aromatic ring is 1. The molecule has 1 aromatic heterocycles. The molecule has 0 atom stereocenters. The molecule has 2 N–H and O–H groups in total. The van der Waals surface area contributed by atoms with Crippen molar-refractivity contribution in [3.05, 3.63) is 24.0 Å². The highest BCUT2D eigenvalue weighted by atomic mass is 32.2. The highest BCUT2D eigenvalue weighted by Gasteiger charge is 2.12. The fourth-order valence-corrected chi connectivity index (χ4v) is 2.45. The molecular formula is C13H18N4OS. The maximum absolute atomic E-state index is 6.13. The van der Waals surface area contributed by atoms with Gasteiger partial charge in [0.2, 0.25) is 0 Å². The Morgan fingerprint density at radius 2 is 2.05 bits per heavy atom. The first kappa shape index (κ1) is 13.7. The van der Waals surface area contributed by atoms with Crippen molar-refractivity contribution in [2.24, 2.45) is 7.05 Å². The van der Waals surface area contributed by atoms with Crippen LogP contribution in [0.25, 0.3) is 0 Å². The van der Waals surface area contributed by atoms with Crippen molar-refractivity contribution in [1.29, 1.82) is 0 Å². The van der Waals surface area contributed by atoms with E-state index in [4.69, 9.17) is 10.5 Å². The van der Waals surface area contributed by atoms with Crippen LogP contribution in [0.4, 0.5) is 5.69 Å². The van der Waals surface area contributed by atoms with Crippen molar-refractivity contribution >= 4 is 17.4 Å². The number of rotatable bonds is 4. The maximum Gasteiger partial charge on any atom is 0.195 e. The van der Waals surface area contributed by atoms with Gasteiger partial charge in [0.15, 0.2) is 5.16 Å². The summed E-state index contributed by atoms with van der Waals surface area (Å²) in [7, 11) is 1.93. The number of hydrogen-bond acceptors (Lipinski definition) is 5. The van der Waals surface area contributed by atoms with Crippen LogP contribution in [-0.2, 0) is 7.05 Å². The minimum atomic E-state index is 0.0969. The van der Waals surface area contributed by atoms with Gasteiger partial charge in [0.25, 0.3) is 0 Å². The summed E-state index contributed by atoms with van der Waals surface area (Å²) in [5, 5.41) is 8.97. The molecule has 0 spiro atoms. The second-order valence-electron chi connectivity index (χ2n) is 4.53. The van der Waals surface area contributed by atoms with Gasteiger partial charge in [-0.3, -0.25) is 0 Å². The minimum Gasteiger partial charge on any atom is -0.489 e. The molecule has 0 unspecified atom stereocenters. The average Bonchev–Trinajstić information content (AvgIpc) is 2.65. The molecule has 0 bridgehead atoms. The van der Waals surface area contributed by atoms with Crippen molar-refractivity contribution < 1.29 is 4.74 Å². The van der Waals surface area contributed by atoms with E-state index >= 15 is 0 Å². The highest BCUT2D eigenvalue weighted by molar-refractivity contribution is 7.99. The lowest BCUT2D eigenvalue weighted by Crippen LogP contribution is -2.07. The van der Waals surface area contributed by atoms with Gasteiger partial charge in [-0.25, -0.2) is 0 Å². The van der Waals surface area contributed by atoms with Gasteiger partial charge in [-0.05, 0) is 44.7 Å². The van der Waals surface area contributed by atoms with Crippen LogP contribution in [0.15, 0.2) is 28.3 Å². The number of aromatic nitrogens is 3. The molecule has 0 aliphatic rings. The quantitative estimate of drug-likeness (QED) is 0.871. The summed E-state index contributed by atoms with van der Waals surface area (Å²) in [6.45, 7) is 5.87. The maximum atomic E-state index is 6.13. The summed E-state index contributed by atoms with van der Waals surface area (Å²) in [6, 6.07) is 5.76. The molecule has 2 aromatic rings. The zero-order valence-corrected chi connectivity index (χ0v) is 12.4. The summed E-state index contributed by atoms with van der Waals surface area (Å²) in [4.78, 5) is 0.925. The lowest BCUT2D eigenvalue weighted by atomic mass is 10.3. The summed E-state index contributed by atoms with van der Waals surface area (Å²) in [5.74, 6) is 1.58. The Morgan fingerprint density at radius 1 is 1.32 bits per heavy atom. The van der Waals surface area contributed by atoms with E-state index < -0.39 is 0 Å². The zero-order chi connectivity index (χ0) is 14.0. The summed E-state index contributed by atoms with van der Waals surface area (Å²) in [5.41, 5.74) is 6.77. The van der Waals surface area contributed by atoms with Crippen molar-refractivity contribution in [3.63, 3.8) is 0 Å². The number of para-hydroxylation sites is 1. The third-order valence-corrected chi connectivity index (χ3v) is 3.76. The van der Waals surface area contributed by atoms with Gasteiger partial charge in [0.1, 0.15) is 11.6 Å². The molecular weight excluding hydrogens is 260 g/mol. The number of anilines is 1. The molecule has 1 aromatic carbocycles. The number of nitrogens with zero attached hydrogens (tertiary/aromatic N) is 3. The predicted molar refractivity (Wildman–Crippen MR) is 76.5 cm³/mol. The number of benzene rings is 1. The van der Waals surface area contributed by atoms with Gasteiger partial charge in [0.05, 0.1) is 11.8 Å². The van der Waals surface area contributed by atoms with Crippen LogP contribution in [0.2, 0.25) is 0 Å². The SMILES string of the molecule is Cc1nnc(Sc2cccc(OC(C)C)c2N)n1C. The minimum absolute atomic E-state index is 0.0969. The Labute approximate surface area is 117 Å². The lowest BCUT2D eigenvalue weighted by Gasteiger charge is -2.14. The van der Waals surface area contributed by atoms with Gasteiger partial charge >= 0.3 is 0 Å². The Morgan fingerprint density at radius 3 is 2.63 bits per heavy atom. The van der Waals surface area contributed by atoms with Crippen LogP contribution < -0.4 is 10.5 Å². The first-order valence-electron chi connectivity index (χ1n) is 6.08. The van der Waals surface area contributed by atoms with Crippen LogP contribution >= 0.6 is 11.8 Å². The van der Waals surface area contributed by atoms with Crippen LogP contribution in [0, 0.1) is 6.92 Å². The summed E-state index contributed by atoms with van der Waals surface area (Å²) < 4.78 is 7.61. The first-order chi connectivity index (χ1) is 8.99. The third-order valence-electron chi connectivity index (χ3n) is 2.64. The van der Waals surface area contributed by atoms with E-state index in [1.165, 1.54) is 11.8 Å². The van der Waals surface area contributed by atoms with Gasteiger partial charge in [-0.2, -0.15) is 0 Å². The Kier molecular flexibility index (Phi) is 3.99. The molecule has 0 radical (unpaired) electrons. The summed E-state index contributed by atoms with van der Waals surface area (Å²) >= 11 is 1.49. The smallest absolute Gasteiger partial charge is 0.195 e. The highest BCUT2D eigenvalue weighted by Crippen LogP contribution is 2.36. The topological polar surface area (TPSA) is 66.0 Å². The van der Waals surface area contributed by atoms with E-state index in [9.17, 15) is 0 Å². The van der Waals surface area contributed by atoms with Crippen LogP contribution in [0.3, 0.4) is 0 Å². The molecule has 0 saturated carbocycles. The lowest BCUT2D eigenvalue weighted by molar-refractivity contribution is 0.243. The Balaban J connectivity index is 2.28. The van der Waals surface area contributed by atoms with E-state index in [-0.39, 0.29) is 6.10 Å². The Bertz CT molecular complexity index is 580. The van der Waals surface area contributed by atoms with Crippen LogP contribution in [0.5, 0.6) is 5.75 Å². The molecule has 0 saturated heterocycles. The van der Waals surface area contributed by atoms with Gasteiger partial charge < -0.3 is 15.0 Å². The molecule has 5 nitrogen and oxygen atoms in total. The predicted octanol–water partition coefficient (Wildman–Crippen LogP) is 2.64. The molecule has 19 heavy (non-hydrogen) atoms. The summed E-state index contributed by atoms with van der Waals surface area (Å²) in [6.07, 6.45) is 0.0969. The Hall–Kier alpha value is -1.69. The number of aryl methyl sites for hydroxylation is 1. The van der Waals surface area contributed by atoms with Crippen LogP contribution in [0.1, 0.15) is 19.7 Å². The van der Waals surface area contributed by atoms with E-state index in [1.807, 2.05) is 50.6 Å². The first-order valence-corrected chi connectivity index (χ1v) is 6.89. The molecule has 102 valence electrons. The van der Waals surface area contributed by atoms with Gasteiger partial charge in [-0.15, -0.1) is 10.2 Å². The second-order valence-corrected chi connectivity index (χ2v) is 5.53. The van der Waals surface area contributed by atoms with E-state index in [2.05, 4.69) is 10.2 Å². The largest absolute Gasteiger partial charge is 0.489 e. The fourth-order valence-electron chi connectivity index (χ4n) is 1.54. The number of ether oxygens (including phenoxy) is 1. The fraction of sp³-hybridized carbons (Fsp3) is 0.385. The van der Waals surface area contributed by atoms with E-state index in [1.54, 1.807) is 0 Å². The number of hydrogen-bond donors (Lipinski definition) is 1.